The Labute approximate surface area is 95.6 Å². The van der Waals surface area contributed by atoms with Gasteiger partial charge >= 0.3 is 0 Å². The summed E-state index contributed by atoms with van der Waals surface area (Å²) in [6.45, 7) is 17.5. The van der Waals surface area contributed by atoms with Gasteiger partial charge in [-0.3, -0.25) is 9.80 Å². The molecule has 0 saturated carbocycles. The average molecular weight is 212 g/mol. The molecule has 1 heterocycles. The highest BCUT2D eigenvalue weighted by Crippen LogP contribution is 2.22. The quantitative estimate of drug-likeness (QED) is 0.609. The van der Waals surface area contributed by atoms with Gasteiger partial charge in [0.2, 0.25) is 0 Å². The van der Waals surface area contributed by atoms with Crippen LogP contribution in [0.4, 0.5) is 0 Å². The topological polar surface area (TPSA) is 6.48 Å². The molecule has 2 nitrogen and oxygen atoms in total. The lowest BCUT2D eigenvalue weighted by atomic mass is 10.1. The molecule has 0 amide bonds. The van der Waals surface area contributed by atoms with Gasteiger partial charge in [0.25, 0.3) is 0 Å². The van der Waals surface area contributed by atoms with Crippen LogP contribution in [0.25, 0.3) is 0 Å². The van der Waals surface area contributed by atoms with E-state index in [1.54, 1.807) is 0 Å². The maximum Gasteiger partial charge on any atom is 0.0515 e. The van der Waals surface area contributed by atoms with E-state index in [2.05, 4.69) is 51.3 Å². The van der Waals surface area contributed by atoms with E-state index in [1.165, 1.54) is 25.9 Å². The Morgan fingerprint density at radius 1 is 0.667 bits per heavy atom. The van der Waals surface area contributed by atoms with Gasteiger partial charge < -0.3 is 0 Å². The van der Waals surface area contributed by atoms with E-state index in [-0.39, 0.29) is 0 Å². The van der Waals surface area contributed by atoms with Crippen LogP contribution in [0, 0.1) is 0 Å². The summed E-state index contributed by atoms with van der Waals surface area (Å²) in [5.74, 6) is 0. The fourth-order valence-electron chi connectivity index (χ4n) is 2.05. The first-order valence-corrected chi connectivity index (χ1v) is 6.21. The van der Waals surface area contributed by atoms with Crippen LogP contribution in [-0.2, 0) is 0 Å². The van der Waals surface area contributed by atoms with Gasteiger partial charge in [-0.05, 0) is 67.5 Å². The number of nitrogens with zero attached hydrogens (tertiary/aromatic N) is 2. The molecule has 1 rings (SSSR count). The van der Waals surface area contributed by atoms with Crippen LogP contribution in [0.3, 0.4) is 0 Å². The fraction of sp³-hybridized carbons (Fsp3) is 1.00. The van der Waals surface area contributed by atoms with Crippen LogP contribution >= 0.6 is 0 Å². The lowest BCUT2D eigenvalue weighted by Crippen LogP contribution is -2.52. The minimum Gasteiger partial charge on any atom is -0.286 e. The fourth-order valence-corrected chi connectivity index (χ4v) is 2.05. The van der Waals surface area contributed by atoms with E-state index in [0.717, 1.165) is 6.67 Å². The molecular formula is C13H28N2. The van der Waals surface area contributed by atoms with Gasteiger partial charge in [0.05, 0.1) is 6.67 Å². The van der Waals surface area contributed by atoms with Crippen molar-refractivity contribution in [2.75, 3.05) is 19.8 Å². The first-order valence-electron chi connectivity index (χ1n) is 6.21. The van der Waals surface area contributed by atoms with Gasteiger partial charge in [0, 0.05) is 11.1 Å². The van der Waals surface area contributed by atoms with Crippen LogP contribution in [0.5, 0.6) is 0 Å². The first-order chi connectivity index (χ1) is 6.71. The Hall–Kier alpha value is -0.0800. The van der Waals surface area contributed by atoms with E-state index in [1.807, 2.05) is 0 Å². The molecule has 0 bridgehead atoms. The van der Waals surface area contributed by atoms with Crippen molar-refractivity contribution in [3.63, 3.8) is 0 Å². The molecule has 1 fully saturated rings. The SMILES string of the molecule is CC(C)(C)N1CCCCN(C(C)(C)C)C1. The molecule has 0 aromatic heterocycles. The van der Waals surface area contributed by atoms with Crippen molar-refractivity contribution in [1.29, 1.82) is 0 Å². The lowest BCUT2D eigenvalue weighted by Gasteiger charge is -2.42. The van der Waals surface area contributed by atoms with Crippen LogP contribution in [0.15, 0.2) is 0 Å². The van der Waals surface area contributed by atoms with Gasteiger partial charge in [-0.25, -0.2) is 0 Å². The Morgan fingerprint density at radius 2 is 1.00 bits per heavy atom. The third kappa shape index (κ3) is 3.76. The molecule has 0 aromatic carbocycles. The summed E-state index contributed by atoms with van der Waals surface area (Å²) in [7, 11) is 0. The van der Waals surface area contributed by atoms with Crippen LogP contribution in [0.1, 0.15) is 54.4 Å². The monoisotopic (exact) mass is 212 g/mol. The van der Waals surface area contributed by atoms with Crippen LogP contribution < -0.4 is 0 Å². The number of hydrogen-bond acceptors (Lipinski definition) is 2. The van der Waals surface area contributed by atoms with Gasteiger partial charge in [0.1, 0.15) is 0 Å². The molecular weight excluding hydrogens is 184 g/mol. The van der Waals surface area contributed by atoms with E-state index in [9.17, 15) is 0 Å². The zero-order valence-corrected chi connectivity index (χ0v) is 11.4. The molecule has 15 heavy (non-hydrogen) atoms. The number of rotatable bonds is 0. The van der Waals surface area contributed by atoms with Gasteiger partial charge in [-0.1, -0.05) is 0 Å². The normalized spacial score (nSPS) is 22.8. The smallest absolute Gasteiger partial charge is 0.0515 e. The van der Waals surface area contributed by atoms with Crippen molar-refractivity contribution >= 4 is 0 Å². The summed E-state index contributed by atoms with van der Waals surface area (Å²) < 4.78 is 0. The molecule has 0 atom stereocenters. The van der Waals surface area contributed by atoms with Crippen molar-refractivity contribution in [2.24, 2.45) is 0 Å². The molecule has 0 N–H and O–H groups in total. The Balaban J connectivity index is 2.70. The highest BCUT2D eigenvalue weighted by atomic mass is 15.4. The molecule has 0 aromatic rings. The first kappa shape index (κ1) is 13.0. The molecule has 0 aliphatic carbocycles. The van der Waals surface area contributed by atoms with Crippen molar-refractivity contribution in [2.45, 2.75) is 65.5 Å². The minimum absolute atomic E-state index is 0.299. The molecule has 90 valence electrons. The summed E-state index contributed by atoms with van der Waals surface area (Å²) in [6, 6.07) is 0. The van der Waals surface area contributed by atoms with Crippen molar-refractivity contribution in [1.82, 2.24) is 9.80 Å². The second kappa shape index (κ2) is 4.42. The summed E-state index contributed by atoms with van der Waals surface area (Å²) in [6.07, 6.45) is 2.67. The third-order valence-corrected chi connectivity index (χ3v) is 3.34. The highest BCUT2D eigenvalue weighted by Gasteiger charge is 2.29. The van der Waals surface area contributed by atoms with Crippen molar-refractivity contribution in [3.8, 4) is 0 Å². The van der Waals surface area contributed by atoms with Crippen LogP contribution in [-0.4, -0.2) is 40.6 Å². The van der Waals surface area contributed by atoms with Gasteiger partial charge in [-0.2, -0.15) is 0 Å². The minimum atomic E-state index is 0.299. The standard InChI is InChI=1S/C13H28N2/c1-12(2,3)14-9-7-8-10-15(11-14)13(4,5)6/h7-11H2,1-6H3. The van der Waals surface area contributed by atoms with E-state index in [0.29, 0.717) is 11.1 Å². The molecule has 0 spiro atoms. The lowest BCUT2D eigenvalue weighted by molar-refractivity contribution is 0.0276. The predicted octanol–water partition coefficient (Wildman–Crippen LogP) is 2.94. The zero-order valence-electron chi connectivity index (χ0n) is 11.4. The van der Waals surface area contributed by atoms with Gasteiger partial charge in [0.15, 0.2) is 0 Å². The number of hydrogen-bond donors (Lipinski definition) is 0. The molecule has 0 unspecified atom stereocenters. The second-order valence-corrected chi connectivity index (χ2v) is 6.72. The van der Waals surface area contributed by atoms with E-state index >= 15 is 0 Å². The van der Waals surface area contributed by atoms with Gasteiger partial charge in [-0.15, -0.1) is 0 Å². The van der Waals surface area contributed by atoms with Crippen molar-refractivity contribution in [3.05, 3.63) is 0 Å². The molecule has 1 aliphatic heterocycles. The second-order valence-electron chi connectivity index (χ2n) is 6.72. The van der Waals surface area contributed by atoms with E-state index in [4.69, 9.17) is 0 Å². The largest absolute Gasteiger partial charge is 0.286 e. The maximum atomic E-state index is 2.60. The summed E-state index contributed by atoms with van der Waals surface area (Å²) in [5.41, 5.74) is 0.599. The predicted molar refractivity (Wildman–Crippen MR) is 67.0 cm³/mol. The van der Waals surface area contributed by atoms with E-state index < -0.39 is 0 Å². The molecule has 1 aliphatic rings. The Kier molecular flexibility index (Phi) is 3.83. The summed E-state index contributed by atoms with van der Waals surface area (Å²) in [4.78, 5) is 5.20. The van der Waals surface area contributed by atoms with Crippen LogP contribution in [0.2, 0.25) is 0 Å². The third-order valence-electron chi connectivity index (χ3n) is 3.34. The van der Waals surface area contributed by atoms with Crippen molar-refractivity contribution < 1.29 is 0 Å². The Morgan fingerprint density at radius 3 is 1.27 bits per heavy atom. The summed E-state index contributed by atoms with van der Waals surface area (Å²) in [5, 5.41) is 0. The molecule has 2 heteroatoms. The molecule has 1 saturated heterocycles. The Bertz CT molecular complexity index is 176. The highest BCUT2D eigenvalue weighted by molar-refractivity contribution is 4.83. The zero-order chi connectivity index (χ0) is 11.7. The average Bonchev–Trinajstić information content (AvgIpc) is 2.24. The molecule has 0 radical (unpaired) electrons. The summed E-state index contributed by atoms with van der Waals surface area (Å²) >= 11 is 0. The maximum absolute atomic E-state index is 2.60.